The van der Waals surface area contributed by atoms with Crippen molar-refractivity contribution in [2.24, 2.45) is 0 Å². The first-order valence-corrected chi connectivity index (χ1v) is 8.83. The smallest absolute Gasteiger partial charge is 0.335 e. The number of likely N-dealkylation sites (tertiary alicyclic amines) is 1. The molecule has 1 aliphatic heterocycles. The average molecular weight is 376 g/mol. The molecule has 1 atom stereocenters. The van der Waals surface area contributed by atoms with Crippen LogP contribution < -0.4 is 0 Å². The number of hydrogen-bond donors (Lipinski definition) is 1. The summed E-state index contributed by atoms with van der Waals surface area (Å²) in [7, 11) is 0. The number of aromatic carboxylic acids is 1. The Labute approximate surface area is 156 Å². The van der Waals surface area contributed by atoms with Gasteiger partial charge in [0.1, 0.15) is 5.82 Å². The lowest BCUT2D eigenvalue weighted by Gasteiger charge is -2.33. The number of nitrogens with zero attached hydrogens (tertiary/aromatic N) is 1. The number of rotatable bonds is 3. The molecule has 3 rings (SSSR count). The van der Waals surface area contributed by atoms with Gasteiger partial charge in [0.2, 0.25) is 0 Å². The molecule has 0 unspecified atom stereocenters. The van der Waals surface area contributed by atoms with Crippen LogP contribution >= 0.6 is 11.6 Å². The number of carboxylic acids is 1. The molecule has 1 saturated heterocycles. The zero-order chi connectivity index (χ0) is 18.8. The summed E-state index contributed by atoms with van der Waals surface area (Å²) in [6.07, 6.45) is 1.68. The Hall–Kier alpha value is -2.40. The molecule has 1 aliphatic rings. The highest BCUT2D eigenvalue weighted by atomic mass is 35.5. The quantitative estimate of drug-likeness (QED) is 0.858. The molecule has 0 spiro atoms. The minimum absolute atomic E-state index is 0.0754. The van der Waals surface area contributed by atoms with E-state index in [0.717, 1.165) is 18.4 Å². The highest BCUT2D eigenvalue weighted by Crippen LogP contribution is 2.30. The van der Waals surface area contributed by atoms with Crippen molar-refractivity contribution in [1.29, 1.82) is 0 Å². The minimum Gasteiger partial charge on any atom is -0.478 e. The first kappa shape index (κ1) is 18.4. The largest absolute Gasteiger partial charge is 0.478 e. The predicted molar refractivity (Wildman–Crippen MR) is 97.4 cm³/mol. The summed E-state index contributed by atoms with van der Waals surface area (Å²) in [6, 6.07) is 9.51. The van der Waals surface area contributed by atoms with Crippen LogP contribution in [0.2, 0.25) is 5.02 Å². The maximum absolute atomic E-state index is 14.2. The Balaban J connectivity index is 1.81. The van der Waals surface area contributed by atoms with Crippen LogP contribution in [0, 0.1) is 12.7 Å². The van der Waals surface area contributed by atoms with Crippen LogP contribution in [0.1, 0.15) is 50.6 Å². The van der Waals surface area contributed by atoms with E-state index in [4.69, 9.17) is 16.7 Å². The van der Waals surface area contributed by atoms with Crippen molar-refractivity contribution in [2.45, 2.75) is 25.7 Å². The summed E-state index contributed by atoms with van der Waals surface area (Å²) in [6.45, 7) is 2.74. The van der Waals surface area contributed by atoms with Crippen LogP contribution in [-0.2, 0) is 0 Å². The molecule has 0 aliphatic carbocycles. The van der Waals surface area contributed by atoms with Gasteiger partial charge < -0.3 is 10.0 Å². The second-order valence-corrected chi connectivity index (χ2v) is 6.95. The monoisotopic (exact) mass is 375 g/mol. The molecule has 6 heteroatoms. The van der Waals surface area contributed by atoms with Gasteiger partial charge in [0, 0.05) is 19.0 Å². The number of carbonyl (C=O) groups excluding carboxylic acids is 1. The van der Waals surface area contributed by atoms with E-state index in [1.54, 1.807) is 42.2 Å². The zero-order valence-electron chi connectivity index (χ0n) is 14.3. The minimum atomic E-state index is -0.971. The second kappa shape index (κ2) is 7.46. The van der Waals surface area contributed by atoms with Crippen molar-refractivity contribution >= 4 is 23.5 Å². The number of benzene rings is 2. The molecule has 2 aromatic carbocycles. The molecular formula is C20H19ClFNO3. The van der Waals surface area contributed by atoms with Crippen LogP contribution in [0.4, 0.5) is 4.39 Å². The first-order valence-electron chi connectivity index (χ1n) is 8.45. The van der Waals surface area contributed by atoms with E-state index in [0.29, 0.717) is 18.7 Å². The number of amides is 1. The van der Waals surface area contributed by atoms with Crippen molar-refractivity contribution in [1.82, 2.24) is 4.90 Å². The number of aryl methyl sites for hydroxylation is 1. The highest BCUT2D eigenvalue weighted by Gasteiger charge is 2.28. The third-order valence-electron chi connectivity index (χ3n) is 4.84. The lowest BCUT2D eigenvalue weighted by Crippen LogP contribution is -2.39. The molecule has 0 bridgehead atoms. The fourth-order valence-electron chi connectivity index (χ4n) is 3.34. The zero-order valence-corrected chi connectivity index (χ0v) is 15.1. The Bertz CT molecular complexity index is 851. The number of carboxylic acid groups (broad SMARTS) is 1. The second-order valence-electron chi connectivity index (χ2n) is 6.57. The Morgan fingerprint density at radius 1 is 1.19 bits per heavy atom. The van der Waals surface area contributed by atoms with Crippen molar-refractivity contribution < 1.29 is 19.1 Å². The van der Waals surface area contributed by atoms with E-state index in [1.807, 2.05) is 0 Å². The van der Waals surface area contributed by atoms with Gasteiger partial charge in [-0.25, -0.2) is 9.18 Å². The van der Waals surface area contributed by atoms with Crippen LogP contribution in [-0.4, -0.2) is 35.0 Å². The van der Waals surface area contributed by atoms with Gasteiger partial charge >= 0.3 is 5.97 Å². The van der Waals surface area contributed by atoms with Crippen LogP contribution in [0.3, 0.4) is 0 Å². The summed E-state index contributed by atoms with van der Waals surface area (Å²) < 4.78 is 14.2. The van der Waals surface area contributed by atoms with Gasteiger partial charge in [-0.15, -0.1) is 0 Å². The Morgan fingerprint density at radius 2 is 1.88 bits per heavy atom. The number of halogens is 2. The van der Waals surface area contributed by atoms with Crippen molar-refractivity contribution in [3.63, 3.8) is 0 Å². The molecule has 4 nitrogen and oxygen atoms in total. The van der Waals surface area contributed by atoms with Gasteiger partial charge in [0.05, 0.1) is 16.1 Å². The van der Waals surface area contributed by atoms with Crippen molar-refractivity contribution in [3.05, 3.63) is 69.5 Å². The third-order valence-corrected chi connectivity index (χ3v) is 5.32. The van der Waals surface area contributed by atoms with E-state index in [1.165, 1.54) is 6.07 Å². The standard InChI is InChI=1S/C20H19ClFNO3/c1-12-4-9-16(22)17(18(12)21)19(24)23-10-2-3-15(11-23)13-5-7-14(8-6-13)20(25)26/h4-9,15H,2-3,10-11H2,1H3,(H,25,26)/t15-/m0/s1. The van der Waals surface area contributed by atoms with E-state index in [-0.39, 0.29) is 22.1 Å². The summed E-state index contributed by atoms with van der Waals surface area (Å²) in [5.41, 5.74) is 1.79. The first-order chi connectivity index (χ1) is 12.4. The molecule has 26 heavy (non-hydrogen) atoms. The van der Waals surface area contributed by atoms with Crippen molar-refractivity contribution in [3.8, 4) is 0 Å². The fraction of sp³-hybridized carbons (Fsp3) is 0.300. The van der Waals surface area contributed by atoms with Gasteiger partial charge in [-0.2, -0.15) is 0 Å². The highest BCUT2D eigenvalue weighted by molar-refractivity contribution is 6.34. The predicted octanol–water partition coefficient (Wildman–Crippen LogP) is 4.51. The van der Waals surface area contributed by atoms with Crippen LogP contribution in [0.25, 0.3) is 0 Å². The van der Waals surface area contributed by atoms with E-state index in [2.05, 4.69) is 0 Å². The number of piperidine rings is 1. The summed E-state index contributed by atoms with van der Waals surface area (Å²) >= 11 is 6.17. The van der Waals surface area contributed by atoms with Gasteiger partial charge in [-0.1, -0.05) is 29.8 Å². The molecule has 0 saturated carbocycles. The maximum Gasteiger partial charge on any atom is 0.335 e. The number of hydrogen-bond acceptors (Lipinski definition) is 2. The Kier molecular flexibility index (Phi) is 5.28. The lowest BCUT2D eigenvalue weighted by atomic mass is 9.89. The maximum atomic E-state index is 14.2. The average Bonchev–Trinajstić information content (AvgIpc) is 2.65. The summed E-state index contributed by atoms with van der Waals surface area (Å²) in [4.78, 5) is 25.4. The van der Waals surface area contributed by atoms with Gasteiger partial charge in [0.15, 0.2) is 0 Å². The molecule has 2 aromatic rings. The topological polar surface area (TPSA) is 57.6 Å². The van der Waals surface area contributed by atoms with E-state index < -0.39 is 17.7 Å². The SMILES string of the molecule is Cc1ccc(F)c(C(=O)N2CCC[C@H](c3ccc(C(=O)O)cc3)C2)c1Cl. The molecule has 1 amide bonds. The molecule has 1 heterocycles. The molecule has 1 fully saturated rings. The summed E-state index contributed by atoms with van der Waals surface area (Å²) in [5.74, 6) is -1.90. The van der Waals surface area contributed by atoms with Crippen LogP contribution in [0.15, 0.2) is 36.4 Å². The van der Waals surface area contributed by atoms with Gasteiger partial charge in [-0.05, 0) is 49.1 Å². The normalized spacial score (nSPS) is 17.2. The third kappa shape index (κ3) is 3.58. The van der Waals surface area contributed by atoms with E-state index in [9.17, 15) is 14.0 Å². The summed E-state index contributed by atoms with van der Waals surface area (Å²) in [5, 5.41) is 9.16. The van der Waals surface area contributed by atoms with Gasteiger partial charge in [0.25, 0.3) is 5.91 Å². The Morgan fingerprint density at radius 3 is 2.54 bits per heavy atom. The molecule has 1 N–H and O–H groups in total. The number of carbonyl (C=O) groups is 2. The lowest BCUT2D eigenvalue weighted by molar-refractivity contribution is 0.0692. The van der Waals surface area contributed by atoms with E-state index >= 15 is 0 Å². The van der Waals surface area contributed by atoms with Crippen molar-refractivity contribution in [2.75, 3.05) is 13.1 Å². The van der Waals surface area contributed by atoms with Gasteiger partial charge in [-0.3, -0.25) is 4.79 Å². The van der Waals surface area contributed by atoms with Crippen LogP contribution in [0.5, 0.6) is 0 Å². The molecule has 136 valence electrons. The molecule has 0 radical (unpaired) electrons. The molecule has 0 aromatic heterocycles. The fourth-order valence-corrected chi connectivity index (χ4v) is 3.58. The molecular weight excluding hydrogens is 357 g/mol.